The molecule has 1 aromatic heterocycles. The van der Waals surface area contributed by atoms with E-state index in [0.717, 1.165) is 11.3 Å². The van der Waals surface area contributed by atoms with E-state index in [2.05, 4.69) is 10.3 Å². The highest BCUT2D eigenvalue weighted by molar-refractivity contribution is 7.99. The van der Waals surface area contributed by atoms with Crippen molar-refractivity contribution in [2.45, 2.75) is 18.2 Å². The smallest absolute Gasteiger partial charge is 0.257 e. The highest BCUT2D eigenvalue weighted by Gasteiger charge is 2.15. The van der Waals surface area contributed by atoms with Crippen LogP contribution in [0.25, 0.3) is 11.1 Å². The lowest BCUT2D eigenvalue weighted by Crippen LogP contribution is -2.28. The van der Waals surface area contributed by atoms with E-state index in [1.54, 1.807) is 25.3 Å². The van der Waals surface area contributed by atoms with Crippen LogP contribution in [-0.2, 0) is 4.79 Å². The van der Waals surface area contributed by atoms with Crippen LogP contribution < -0.4 is 10.1 Å². The molecule has 1 heterocycles. The lowest BCUT2D eigenvalue weighted by molar-refractivity contribution is -0.119. The largest absolute Gasteiger partial charge is 0.496 e. The van der Waals surface area contributed by atoms with Crippen LogP contribution in [0.15, 0.2) is 52.1 Å². The number of nitrogens with one attached hydrogen (secondary N) is 1. The molecule has 3 aromatic rings. The molecule has 0 fully saturated rings. The SMILES string of the molecule is COc1ccccc1C(C)NC(=O)CSc1nc2cc(Cl)ccc2o1. The summed E-state index contributed by atoms with van der Waals surface area (Å²) in [5.74, 6) is 0.850. The molecule has 1 N–H and O–H groups in total. The summed E-state index contributed by atoms with van der Waals surface area (Å²) in [6.45, 7) is 1.92. The number of oxazole rings is 1. The zero-order chi connectivity index (χ0) is 17.8. The number of benzene rings is 2. The number of hydrogen-bond donors (Lipinski definition) is 1. The number of ether oxygens (including phenoxy) is 1. The molecule has 25 heavy (non-hydrogen) atoms. The number of amides is 1. The van der Waals surface area contributed by atoms with Crippen LogP contribution >= 0.6 is 23.4 Å². The summed E-state index contributed by atoms with van der Waals surface area (Å²) in [5, 5.41) is 3.99. The van der Waals surface area contributed by atoms with E-state index < -0.39 is 0 Å². The number of carbonyl (C=O) groups excluding carboxylic acids is 1. The molecule has 1 unspecified atom stereocenters. The Bertz CT molecular complexity index is 897. The van der Waals surface area contributed by atoms with Crippen molar-refractivity contribution in [3.05, 3.63) is 53.1 Å². The lowest BCUT2D eigenvalue weighted by Gasteiger charge is -2.16. The van der Waals surface area contributed by atoms with Crippen molar-refractivity contribution in [1.82, 2.24) is 10.3 Å². The van der Waals surface area contributed by atoms with Crippen molar-refractivity contribution in [2.75, 3.05) is 12.9 Å². The van der Waals surface area contributed by atoms with Crippen LogP contribution in [0.5, 0.6) is 5.75 Å². The average Bonchev–Trinajstić information content (AvgIpc) is 3.01. The monoisotopic (exact) mass is 376 g/mol. The molecular weight excluding hydrogens is 360 g/mol. The summed E-state index contributed by atoms with van der Waals surface area (Å²) >= 11 is 7.18. The van der Waals surface area contributed by atoms with Crippen molar-refractivity contribution in [1.29, 1.82) is 0 Å². The molecule has 0 aliphatic heterocycles. The number of nitrogens with zero attached hydrogens (tertiary/aromatic N) is 1. The number of aromatic nitrogens is 1. The second-order valence-electron chi connectivity index (χ2n) is 5.41. The first kappa shape index (κ1) is 17.6. The number of rotatable bonds is 6. The van der Waals surface area contributed by atoms with Gasteiger partial charge in [-0.1, -0.05) is 41.6 Å². The number of para-hydroxylation sites is 1. The Hall–Kier alpha value is -2.18. The van der Waals surface area contributed by atoms with E-state index in [0.29, 0.717) is 21.3 Å². The van der Waals surface area contributed by atoms with Gasteiger partial charge >= 0.3 is 0 Å². The number of carbonyl (C=O) groups is 1. The van der Waals surface area contributed by atoms with Gasteiger partial charge in [0.1, 0.15) is 11.3 Å². The summed E-state index contributed by atoms with van der Waals surface area (Å²) < 4.78 is 10.9. The maximum atomic E-state index is 12.2. The van der Waals surface area contributed by atoms with Crippen molar-refractivity contribution in [2.24, 2.45) is 0 Å². The fourth-order valence-corrected chi connectivity index (χ4v) is 3.27. The number of fused-ring (bicyclic) bond motifs is 1. The summed E-state index contributed by atoms with van der Waals surface area (Å²) in [6, 6.07) is 12.7. The predicted molar refractivity (Wildman–Crippen MR) is 99.3 cm³/mol. The molecule has 0 saturated carbocycles. The molecule has 0 aliphatic rings. The van der Waals surface area contributed by atoms with E-state index in [-0.39, 0.29) is 17.7 Å². The molecule has 5 nitrogen and oxygen atoms in total. The fraction of sp³-hybridized carbons (Fsp3) is 0.222. The van der Waals surface area contributed by atoms with Crippen molar-refractivity contribution in [3.8, 4) is 5.75 Å². The minimum absolute atomic E-state index is 0.108. The van der Waals surface area contributed by atoms with E-state index in [1.807, 2.05) is 31.2 Å². The maximum Gasteiger partial charge on any atom is 0.257 e. The van der Waals surface area contributed by atoms with Crippen LogP contribution in [0.1, 0.15) is 18.5 Å². The van der Waals surface area contributed by atoms with Gasteiger partial charge in [-0.3, -0.25) is 4.79 Å². The van der Waals surface area contributed by atoms with Crippen molar-refractivity contribution < 1.29 is 13.9 Å². The molecular formula is C18H17ClN2O3S. The van der Waals surface area contributed by atoms with Crippen molar-refractivity contribution in [3.63, 3.8) is 0 Å². The molecule has 130 valence electrons. The Morgan fingerprint density at radius 3 is 2.96 bits per heavy atom. The molecule has 0 aliphatic carbocycles. The molecule has 2 aromatic carbocycles. The molecule has 1 atom stereocenters. The molecule has 0 spiro atoms. The first-order chi connectivity index (χ1) is 12.1. The third-order valence-electron chi connectivity index (χ3n) is 3.64. The van der Waals surface area contributed by atoms with Gasteiger partial charge in [0.15, 0.2) is 5.58 Å². The second kappa shape index (κ2) is 7.80. The molecule has 1 amide bonds. The summed E-state index contributed by atoms with van der Waals surface area (Å²) in [4.78, 5) is 16.5. The topological polar surface area (TPSA) is 64.4 Å². The zero-order valence-corrected chi connectivity index (χ0v) is 15.4. The quantitative estimate of drug-likeness (QED) is 0.643. The summed E-state index contributed by atoms with van der Waals surface area (Å²) in [6.07, 6.45) is 0. The average molecular weight is 377 g/mol. The van der Waals surface area contributed by atoms with E-state index in [4.69, 9.17) is 20.8 Å². The van der Waals surface area contributed by atoms with Gasteiger partial charge in [-0.15, -0.1) is 0 Å². The normalized spacial score (nSPS) is 12.1. The lowest BCUT2D eigenvalue weighted by atomic mass is 10.1. The van der Waals surface area contributed by atoms with Gasteiger partial charge in [-0.25, -0.2) is 4.98 Å². The Kier molecular flexibility index (Phi) is 5.50. The van der Waals surface area contributed by atoms with E-state index >= 15 is 0 Å². The minimum atomic E-state index is -0.160. The Morgan fingerprint density at radius 1 is 1.36 bits per heavy atom. The third kappa shape index (κ3) is 4.27. The van der Waals surface area contributed by atoms with E-state index in [1.165, 1.54) is 11.8 Å². The zero-order valence-electron chi connectivity index (χ0n) is 13.8. The molecule has 0 radical (unpaired) electrons. The highest BCUT2D eigenvalue weighted by Crippen LogP contribution is 2.27. The van der Waals surface area contributed by atoms with Crippen LogP contribution in [0, 0.1) is 0 Å². The minimum Gasteiger partial charge on any atom is -0.496 e. The number of methoxy groups -OCH3 is 1. The number of halogens is 1. The van der Waals surface area contributed by atoms with Crippen LogP contribution in [0.3, 0.4) is 0 Å². The second-order valence-corrected chi connectivity index (χ2v) is 6.77. The van der Waals surface area contributed by atoms with Gasteiger partial charge < -0.3 is 14.5 Å². The van der Waals surface area contributed by atoms with Gasteiger partial charge in [0.05, 0.1) is 18.9 Å². The van der Waals surface area contributed by atoms with Gasteiger partial charge in [0.2, 0.25) is 5.91 Å². The van der Waals surface area contributed by atoms with Crippen molar-refractivity contribution >= 4 is 40.4 Å². The maximum absolute atomic E-state index is 12.2. The summed E-state index contributed by atoms with van der Waals surface area (Å²) in [5.41, 5.74) is 2.26. The molecule has 3 rings (SSSR count). The van der Waals surface area contributed by atoms with Crippen LogP contribution in [-0.4, -0.2) is 23.8 Å². The third-order valence-corrected chi connectivity index (χ3v) is 4.70. The highest BCUT2D eigenvalue weighted by atomic mass is 35.5. The van der Waals surface area contributed by atoms with Gasteiger partial charge in [0.25, 0.3) is 5.22 Å². The van der Waals surface area contributed by atoms with Gasteiger partial charge in [-0.05, 0) is 31.2 Å². The standard InChI is InChI=1S/C18H17ClN2O3S/c1-11(13-5-3-4-6-15(13)23-2)20-17(22)10-25-18-21-14-9-12(19)7-8-16(14)24-18/h3-9,11H,10H2,1-2H3,(H,20,22). The first-order valence-electron chi connectivity index (χ1n) is 7.68. The fourth-order valence-electron chi connectivity index (χ4n) is 2.45. The van der Waals surface area contributed by atoms with Gasteiger partial charge in [-0.2, -0.15) is 0 Å². The Morgan fingerprint density at radius 2 is 2.16 bits per heavy atom. The predicted octanol–water partition coefficient (Wildman–Crippen LogP) is 4.46. The molecule has 7 heteroatoms. The number of thioether (sulfide) groups is 1. The van der Waals surface area contributed by atoms with E-state index in [9.17, 15) is 4.79 Å². The molecule has 0 saturated heterocycles. The van der Waals surface area contributed by atoms with Gasteiger partial charge in [0, 0.05) is 10.6 Å². The Balaban J connectivity index is 1.60. The van der Waals surface area contributed by atoms with Crippen LogP contribution in [0.2, 0.25) is 5.02 Å². The Labute approximate surface area is 154 Å². The first-order valence-corrected chi connectivity index (χ1v) is 9.04. The summed E-state index contributed by atoms with van der Waals surface area (Å²) in [7, 11) is 1.61. The molecule has 0 bridgehead atoms. The number of hydrogen-bond acceptors (Lipinski definition) is 5. The van der Waals surface area contributed by atoms with Crippen LogP contribution in [0.4, 0.5) is 0 Å².